The standard InChI is InChI=1S/C26H22N4O2/c31-25(28-21-7-3-1-4-8-21)19-11-15-22(16-12-19)27-23-17-13-20(14-18-23)26(32)30-29-24-9-5-2-6-10-24/h1-18,27,29H,(H,28,31)(H,30,32). The van der Waals surface area contributed by atoms with Crippen molar-refractivity contribution in [1.29, 1.82) is 0 Å². The summed E-state index contributed by atoms with van der Waals surface area (Å²) in [4.78, 5) is 24.6. The number of benzene rings is 4. The van der Waals surface area contributed by atoms with E-state index in [4.69, 9.17) is 0 Å². The molecule has 4 N–H and O–H groups in total. The Hall–Kier alpha value is -4.58. The van der Waals surface area contributed by atoms with E-state index in [0.29, 0.717) is 11.1 Å². The van der Waals surface area contributed by atoms with Gasteiger partial charge in [-0.1, -0.05) is 36.4 Å². The van der Waals surface area contributed by atoms with Gasteiger partial charge in [0, 0.05) is 28.2 Å². The van der Waals surface area contributed by atoms with E-state index >= 15 is 0 Å². The van der Waals surface area contributed by atoms with Gasteiger partial charge < -0.3 is 10.6 Å². The summed E-state index contributed by atoms with van der Waals surface area (Å²) in [7, 11) is 0. The topological polar surface area (TPSA) is 82.3 Å². The van der Waals surface area contributed by atoms with Crippen LogP contribution in [0.1, 0.15) is 20.7 Å². The molecule has 2 amide bonds. The fraction of sp³-hybridized carbons (Fsp3) is 0. The average molecular weight is 422 g/mol. The maximum Gasteiger partial charge on any atom is 0.269 e. The lowest BCUT2D eigenvalue weighted by molar-refractivity contribution is 0.0961. The van der Waals surface area contributed by atoms with E-state index in [1.807, 2.05) is 84.9 Å². The Kier molecular flexibility index (Phi) is 6.43. The molecule has 0 atom stereocenters. The van der Waals surface area contributed by atoms with E-state index in [0.717, 1.165) is 22.7 Å². The molecule has 0 bridgehead atoms. The Morgan fingerprint density at radius 1 is 0.469 bits per heavy atom. The number of rotatable bonds is 7. The van der Waals surface area contributed by atoms with Crippen LogP contribution in [0.25, 0.3) is 0 Å². The first kappa shape index (κ1) is 20.7. The quantitative estimate of drug-likeness (QED) is 0.299. The van der Waals surface area contributed by atoms with Crippen molar-refractivity contribution in [2.45, 2.75) is 0 Å². The average Bonchev–Trinajstić information content (AvgIpc) is 2.85. The molecular weight excluding hydrogens is 400 g/mol. The van der Waals surface area contributed by atoms with E-state index in [2.05, 4.69) is 21.5 Å². The summed E-state index contributed by atoms with van der Waals surface area (Å²) < 4.78 is 0. The maximum absolute atomic E-state index is 12.4. The highest BCUT2D eigenvalue weighted by Gasteiger charge is 2.07. The van der Waals surface area contributed by atoms with Crippen LogP contribution in [-0.4, -0.2) is 11.8 Å². The number of para-hydroxylation sites is 2. The lowest BCUT2D eigenvalue weighted by Gasteiger charge is -2.10. The number of hydrogen-bond donors (Lipinski definition) is 4. The van der Waals surface area contributed by atoms with Crippen molar-refractivity contribution < 1.29 is 9.59 Å². The monoisotopic (exact) mass is 422 g/mol. The molecule has 0 radical (unpaired) electrons. The SMILES string of the molecule is O=C(NNc1ccccc1)c1ccc(Nc2ccc(C(=O)Nc3ccccc3)cc2)cc1. The molecule has 0 aliphatic carbocycles. The van der Waals surface area contributed by atoms with Gasteiger partial charge in [0.2, 0.25) is 0 Å². The molecule has 158 valence electrons. The minimum atomic E-state index is -0.228. The summed E-state index contributed by atoms with van der Waals surface area (Å²) in [5.41, 5.74) is 9.88. The molecule has 4 rings (SSSR count). The zero-order valence-corrected chi connectivity index (χ0v) is 17.2. The van der Waals surface area contributed by atoms with Crippen molar-refractivity contribution in [2.75, 3.05) is 16.1 Å². The first-order chi connectivity index (χ1) is 15.7. The second-order valence-electron chi connectivity index (χ2n) is 7.04. The van der Waals surface area contributed by atoms with Crippen LogP contribution in [0.2, 0.25) is 0 Å². The molecular formula is C26H22N4O2. The smallest absolute Gasteiger partial charge is 0.269 e. The molecule has 0 spiro atoms. The van der Waals surface area contributed by atoms with Gasteiger partial charge in [0.25, 0.3) is 11.8 Å². The predicted octanol–water partition coefficient (Wildman–Crippen LogP) is 5.44. The molecule has 0 aliphatic rings. The Morgan fingerprint density at radius 3 is 1.47 bits per heavy atom. The van der Waals surface area contributed by atoms with Crippen LogP contribution in [-0.2, 0) is 0 Å². The van der Waals surface area contributed by atoms with Gasteiger partial charge in [0.05, 0.1) is 5.69 Å². The number of amides is 2. The first-order valence-electron chi connectivity index (χ1n) is 10.1. The number of carbonyl (C=O) groups excluding carboxylic acids is 2. The van der Waals surface area contributed by atoms with Crippen molar-refractivity contribution in [3.8, 4) is 0 Å². The zero-order valence-electron chi connectivity index (χ0n) is 17.2. The number of anilines is 4. The molecule has 0 saturated carbocycles. The number of carbonyl (C=O) groups is 2. The third-order valence-electron chi connectivity index (χ3n) is 4.71. The Labute approximate surface area is 186 Å². The van der Waals surface area contributed by atoms with Gasteiger partial charge in [-0.15, -0.1) is 0 Å². The van der Waals surface area contributed by atoms with Crippen LogP contribution in [0.4, 0.5) is 22.7 Å². The normalized spacial score (nSPS) is 10.1. The molecule has 6 heteroatoms. The van der Waals surface area contributed by atoms with Crippen molar-refractivity contribution in [3.05, 3.63) is 120 Å². The molecule has 0 aliphatic heterocycles. The second kappa shape index (κ2) is 9.95. The summed E-state index contributed by atoms with van der Waals surface area (Å²) in [6.45, 7) is 0. The predicted molar refractivity (Wildman–Crippen MR) is 128 cm³/mol. The minimum absolute atomic E-state index is 0.165. The van der Waals surface area contributed by atoms with Crippen molar-refractivity contribution in [1.82, 2.24) is 5.43 Å². The van der Waals surface area contributed by atoms with Crippen LogP contribution in [0.15, 0.2) is 109 Å². The zero-order chi connectivity index (χ0) is 22.2. The Balaban J connectivity index is 1.32. The van der Waals surface area contributed by atoms with E-state index in [9.17, 15) is 9.59 Å². The van der Waals surface area contributed by atoms with Gasteiger partial charge in [-0.3, -0.25) is 20.4 Å². The molecule has 0 fully saturated rings. The summed E-state index contributed by atoms with van der Waals surface area (Å²) in [5, 5.41) is 6.13. The number of hydrazine groups is 1. The van der Waals surface area contributed by atoms with Gasteiger partial charge >= 0.3 is 0 Å². The first-order valence-corrected chi connectivity index (χ1v) is 10.1. The minimum Gasteiger partial charge on any atom is -0.356 e. The van der Waals surface area contributed by atoms with Crippen LogP contribution in [0.3, 0.4) is 0 Å². The van der Waals surface area contributed by atoms with Gasteiger partial charge in [-0.2, -0.15) is 0 Å². The molecule has 4 aromatic carbocycles. The summed E-state index contributed by atoms with van der Waals surface area (Å²) in [5.74, 6) is -0.392. The highest BCUT2D eigenvalue weighted by Crippen LogP contribution is 2.18. The van der Waals surface area contributed by atoms with Gasteiger partial charge in [-0.25, -0.2) is 0 Å². The van der Waals surface area contributed by atoms with Gasteiger partial charge in [0.15, 0.2) is 0 Å². The maximum atomic E-state index is 12.4. The van der Waals surface area contributed by atoms with Crippen molar-refractivity contribution >= 4 is 34.6 Å². The Morgan fingerprint density at radius 2 is 0.938 bits per heavy atom. The third kappa shape index (κ3) is 5.52. The van der Waals surface area contributed by atoms with Crippen LogP contribution in [0, 0.1) is 0 Å². The van der Waals surface area contributed by atoms with Crippen LogP contribution < -0.4 is 21.5 Å². The van der Waals surface area contributed by atoms with Crippen molar-refractivity contribution in [2.24, 2.45) is 0 Å². The summed E-state index contributed by atoms with van der Waals surface area (Å²) >= 11 is 0. The van der Waals surface area contributed by atoms with Crippen LogP contribution in [0.5, 0.6) is 0 Å². The molecule has 0 unspecified atom stereocenters. The molecule has 32 heavy (non-hydrogen) atoms. The summed E-state index contributed by atoms with van der Waals surface area (Å²) in [6, 6.07) is 33.1. The Bertz CT molecular complexity index is 1180. The molecule has 0 saturated heterocycles. The molecule has 4 aromatic rings. The fourth-order valence-electron chi connectivity index (χ4n) is 3.02. The highest BCUT2D eigenvalue weighted by atomic mass is 16.2. The largest absolute Gasteiger partial charge is 0.356 e. The summed E-state index contributed by atoms with van der Waals surface area (Å²) in [6.07, 6.45) is 0. The number of nitrogens with one attached hydrogen (secondary N) is 4. The van der Waals surface area contributed by atoms with Gasteiger partial charge in [-0.05, 0) is 72.8 Å². The van der Waals surface area contributed by atoms with E-state index in [-0.39, 0.29) is 11.8 Å². The van der Waals surface area contributed by atoms with E-state index in [1.54, 1.807) is 24.3 Å². The van der Waals surface area contributed by atoms with Crippen molar-refractivity contribution in [3.63, 3.8) is 0 Å². The molecule has 0 heterocycles. The van der Waals surface area contributed by atoms with E-state index in [1.165, 1.54) is 0 Å². The van der Waals surface area contributed by atoms with Gasteiger partial charge in [0.1, 0.15) is 0 Å². The molecule has 0 aromatic heterocycles. The highest BCUT2D eigenvalue weighted by molar-refractivity contribution is 6.04. The number of hydrogen-bond acceptors (Lipinski definition) is 4. The second-order valence-corrected chi connectivity index (χ2v) is 7.04. The fourth-order valence-corrected chi connectivity index (χ4v) is 3.02. The lowest BCUT2D eigenvalue weighted by Crippen LogP contribution is -2.29. The van der Waals surface area contributed by atoms with E-state index < -0.39 is 0 Å². The lowest BCUT2D eigenvalue weighted by atomic mass is 10.1. The third-order valence-corrected chi connectivity index (χ3v) is 4.71. The molecule has 6 nitrogen and oxygen atoms in total. The van der Waals surface area contributed by atoms with Crippen LogP contribution >= 0.6 is 0 Å².